The molecule has 1 aliphatic heterocycles. The highest BCUT2D eigenvalue weighted by molar-refractivity contribution is 6.05. The zero-order valence-electron chi connectivity index (χ0n) is 19.4. The Hall–Kier alpha value is -3.45. The fraction of sp³-hybridized carbons (Fsp3) is 0.321. The van der Waals surface area contributed by atoms with Crippen molar-refractivity contribution in [3.8, 4) is 6.07 Å². The number of aryl methyl sites for hydroxylation is 4. The molecule has 2 aliphatic rings. The number of nitrogens with zero attached hydrogens (tertiary/aromatic N) is 2. The highest BCUT2D eigenvalue weighted by Gasteiger charge is 2.29. The van der Waals surface area contributed by atoms with Gasteiger partial charge in [-0.25, -0.2) is 0 Å². The summed E-state index contributed by atoms with van der Waals surface area (Å²) in [6, 6.07) is 12.1. The quantitative estimate of drug-likeness (QED) is 0.649. The third kappa shape index (κ3) is 4.16. The van der Waals surface area contributed by atoms with Gasteiger partial charge in [-0.15, -0.1) is 0 Å². The number of benzene rings is 2. The summed E-state index contributed by atoms with van der Waals surface area (Å²) in [6.45, 7) is 10.4. The van der Waals surface area contributed by atoms with Crippen molar-refractivity contribution in [2.75, 3.05) is 5.32 Å². The summed E-state index contributed by atoms with van der Waals surface area (Å²) in [6.07, 6.45) is 5.67. The van der Waals surface area contributed by atoms with Crippen LogP contribution in [0, 0.1) is 50.9 Å². The van der Waals surface area contributed by atoms with E-state index >= 15 is 0 Å². The maximum atomic E-state index is 12.9. The van der Waals surface area contributed by atoms with Crippen LogP contribution in [0.2, 0.25) is 0 Å². The molecule has 162 valence electrons. The molecule has 4 nitrogen and oxygen atoms in total. The van der Waals surface area contributed by atoms with Crippen molar-refractivity contribution in [1.29, 1.82) is 5.26 Å². The number of amides is 1. The number of anilines is 1. The maximum absolute atomic E-state index is 12.9. The van der Waals surface area contributed by atoms with Crippen LogP contribution in [0.1, 0.15) is 53.1 Å². The van der Waals surface area contributed by atoms with Crippen molar-refractivity contribution in [2.45, 2.75) is 47.5 Å². The van der Waals surface area contributed by atoms with E-state index in [2.05, 4.69) is 44.3 Å². The second-order valence-electron chi connectivity index (χ2n) is 9.10. The van der Waals surface area contributed by atoms with Gasteiger partial charge in [0.15, 0.2) is 0 Å². The molecule has 2 unspecified atom stereocenters. The van der Waals surface area contributed by atoms with E-state index < -0.39 is 0 Å². The third-order valence-electron chi connectivity index (χ3n) is 6.59. The number of aliphatic imine (C=N–C) groups is 1. The molecule has 0 aromatic heterocycles. The van der Waals surface area contributed by atoms with Crippen LogP contribution in [-0.4, -0.2) is 11.6 Å². The average molecular weight is 424 g/mol. The van der Waals surface area contributed by atoms with Crippen molar-refractivity contribution in [1.82, 2.24) is 0 Å². The molecule has 0 spiro atoms. The van der Waals surface area contributed by atoms with Crippen molar-refractivity contribution >= 4 is 17.3 Å². The Morgan fingerprint density at radius 1 is 1.06 bits per heavy atom. The van der Waals surface area contributed by atoms with Gasteiger partial charge in [0.1, 0.15) is 0 Å². The molecule has 1 heterocycles. The van der Waals surface area contributed by atoms with Crippen LogP contribution >= 0.6 is 0 Å². The first-order chi connectivity index (χ1) is 15.3. The largest absolute Gasteiger partial charge is 0.326 e. The number of nitriles is 1. The fourth-order valence-corrected chi connectivity index (χ4v) is 4.72. The van der Waals surface area contributed by atoms with E-state index in [4.69, 9.17) is 4.99 Å². The van der Waals surface area contributed by atoms with Crippen LogP contribution in [0.5, 0.6) is 0 Å². The van der Waals surface area contributed by atoms with Gasteiger partial charge in [-0.2, -0.15) is 5.26 Å². The standard InChI is InChI=1S/C28H29N3O/c1-16-6-8-23(12-17(16)2)30-28(32)22-7-9-25-24(14-22)18(3)13-26(31-25)27-19(4)10-21(15-29)11-20(27)5/h6,8-12,14,18,22H,7,13H2,1-5H3,(H,30,32). The molecule has 2 aromatic rings. The van der Waals surface area contributed by atoms with Crippen LogP contribution < -0.4 is 5.32 Å². The van der Waals surface area contributed by atoms with E-state index in [9.17, 15) is 10.1 Å². The zero-order chi connectivity index (χ0) is 23.0. The molecule has 4 heteroatoms. The lowest BCUT2D eigenvalue weighted by Gasteiger charge is -2.29. The van der Waals surface area contributed by atoms with Gasteiger partial charge in [0.25, 0.3) is 0 Å². The molecule has 0 fully saturated rings. The fourth-order valence-electron chi connectivity index (χ4n) is 4.72. The number of nitrogens with one attached hydrogen (secondary N) is 1. The minimum atomic E-state index is -0.187. The Kier molecular flexibility index (Phi) is 5.84. The summed E-state index contributed by atoms with van der Waals surface area (Å²) in [5, 5.41) is 12.3. The van der Waals surface area contributed by atoms with E-state index in [1.54, 1.807) is 0 Å². The van der Waals surface area contributed by atoms with E-state index in [0.717, 1.165) is 45.8 Å². The molecule has 1 aliphatic carbocycles. The molecule has 32 heavy (non-hydrogen) atoms. The third-order valence-corrected chi connectivity index (χ3v) is 6.59. The summed E-state index contributed by atoms with van der Waals surface area (Å²) in [7, 11) is 0. The van der Waals surface area contributed by atoms with Gasteiger partial charge >= 0.3 is 0 Å². The number of allylic oxidation sites excluding steroid dienone is 2. The summed E-state index contributed by atoms with van der Waals surface area (Å²) in [5.74, 6) is 0.116. The molecule has 2 aromatic carbocycles. The lowest BCUT2D eigenvalue weighted by molar-refractivity contribution is -0.118. The maximum Gasteiger partial charge on any atom is 0.231 e. The first kappa shape index (κ1) is 21.8. The highest BCUT2D eigenvalue weighted by atomic mass is 16.1. The summed E-state index contributed by atoms with van der Waals surface area (Å²) < 4.78 is 0. The number of hydrogen-bond acceptors (Lipinski definition) is 3. The summed E-state index contributed by atoms with van der Waals surface area (Å²) in [4.78, 5) is 17.9. The first-order valence-corrected chi connectivity index (χ1v) is 11.2. The Labute approximate surface area is 190 Å². The monoisotopic (exact) mass is 423 g/mol. The number of hydrogen-bond donors (Lipinski definition) is 1. The second kappa shape index (κ2) is 8.59. The molecule has 0 saturated heterocycles. The van der Waals surface area contributed by atoms with Crippen molar-refractivity contribution in [3.05, 3.63) is 87.1 Å². The number of carbonyl (C=O) groups excluding carboxylic acids is 1. The van der Waals surface area contributed by atoms with Crippen molar-refractivity contribution < 1.29 is 4.79 Å². The minimum Gasteiger partial charge on any atom is -0.326 e. The van der Waals surface area contributed by atoms with Crippen molar-refractivity contribution in [2.24, 2.45) is 16.8 Å². The van der Waals surface area contributed by atoms with Gasteiger partial charge in [-0.1, -0.05) is 25.1 Å². The van der Waals surface area contributed by atoms with Gasteiger partial charge in [0, 0.05) is 17.0 Å². The Bertz CT molecular complexity index is 1220. The molecular formula is C28H29N3O. The van der Waals surface area contributed by atoms with E-state index in [1.165, 1.54) is 11.1 Å². The van der Waals surface area contributed by atoms with E-state index in [-0.39, 0.29) is 17.7 Å². The second-order valence-corrected chi connectivity index (χ2v) is 9.10. The van der Waals surface area contributed by atoms with Crippen LogP contribution in [0.25, 0.3) is 0 Å². The Balaban J connectivity index is 1.57. The molecule has 1 amide bonds. The lowest BCUT2D eigenvalue weighted by Crippen LogP contribution is -2.26. The van der Waals surface area contributed by atoms with Crippen LogP contribution in [0.4, 0.5) is 5.69 Å². The van der Waals surface area contributed by atoms with Crippen LogP contribution in [0.3, 0.4) is 0 Å². The van der Waals surface area contributed by atoms with Gasteiger partial charge in [0.2, 0.25) is 5.91 Å². The van der Waals surface area contributed by atoms with Gasteiger partial charge in [-0.05, 0) is 98.5 Å². The first-order valence-electron chi connectivity index (χ1n) is 11.2. The van der Waals surface area contributed by atoms with Gasteiger partial charge in [-0.3, -0.25) is 9.79 Å². The Morgan fingerprint density at radius 2 is 1.78 bits per heavy atom. The molecule has 4 rings (SSSR count). The number of rotatable bonds is 3. The normalized spacial score (nSPS) is 19.8. The predicted molar refractivity (Wildman–Crippen MR) is 130 cm³/mol. The molecule has 2 atom stereocenters. The zero-order valence-corrected chi connectivity index (χ0v) is 19.4. The molecule has 0 saturated carbocycles. The molecule has 0 bridgehead atoms. The van der Waals surface area contributed by atoms with Gasteiger partial charge < -0.3 is 5.32 Å². The minimum absolute atomic E-state index is 0.0248. The molecular weight excluding hydrogens is 394 g/mol. The molecule has 1 N–H and O–H groups in total. The average Bonchev–Trinajstić information content (AvgIpc) is 2.75. The van der Waals surface area contributed by atoms with Crippen molar-refractivity contribution in [3.63, 3.8) is 0 Å². The lowest BCUT2D eigenvalue weighted by atomic mass is 9.80. The van der Waals surface area contributed by atoms with Crippen LogP contribution in [0.15, 0.2) is 58.7 Å². The summed E-state index contributed by atoms with van der Waals surface area (Å²) >= 11 is 0. The summed E-state index contributed by atoms with van der Waals surface area (Å²) in [5.41, 5.74) is 10.4. The van der Waals surface area contributed by atoms with E-state index in [0.29, 0.717) is 12.0 Å². The van der Waals surface area contributed by atoms with E-state index in [1.807, 2.05) is 44.2 Å². The van der Waals surface area contributed by atoms with Gasteiger partial charge in [0.05, 0.1) is 23.2 Å². The highest BCUT2D eigenvalue weighted by Crippen LogP contribution is 2.37. The Morgan fingerprint density at radius 3 is 2.44 bits per heavy atom. The molecule has 0 radical (unpaired) electrons. The smallest absolute Gasteiger partial charge is 0.231 e. The SMILES string of the molecule is Cc1ccc(NC(=O)C2C=C3C(=CC2)N=C(c2c(C)cc(C#N)cc2C)CC3C)cc1C. The van der Waals surface area contributed by atoms with Crippen LogP contribution in [-0.2, 0) is 4.79 Å². The number of fused-ring (bicyclic) bond motifs is 1. The topological polar surface area (TPSA) is 65.2 Å². The number of carbonyl (C=O) groups is 1. The predicted octanol–water partition coefficient (Wildman–Crippen LogP) is 6.09.